The van der Waals surface area contributed by atoms with Gasteiger partial charge in [-0.2, -0.15) is 10.4 Å². The second-order valence-electron chi connectivity index (χ2n) is 5.81. The molecule has 17 heavy (non-hydrogen) atoms. The molecule has 104 valence electrons. The molecule has 2 atom stereocenters. The topological polar surface area (TPSA) is 137 Å². The van der Waals surface area contributed by atoms with Gasteiger partial charge in [-0.15, -0.1) is 5.59 Å². The van der Waals surface area contributed by atoms with E-state index in [1.807, 2.05) is 62.8 Å². The van der Waals surface area contributed by atoms with Crippen molar-refractivity contribution >= 4 is 22.6 Å². The third kappa shape index (κ3) is 3.26. The molecule has 2 unspecified atom stereocenters. The van der Waals surface area contributed by atoms with Crippen molar-refractivity contribution < 1.29 is 4.94 Å². The van der Waals surface area contributed by atoms with Gasteiger partial charge in [0.15, 0.2) is 0 Å². The molecule has 0 aliphatic heterocycles. The van der Waals surface area contributed by atoms with E-state index in [-0.39, 0.29) is 0 Å². The summed E-state index contributed by atoms with van der Waals surface area (Å²) in [6, 6.07) is 0. The molecule has 0 aromatic rings. The van der Waals surface area contributed by atoms with E-state index in [2.05, 4.69) is 5.48 Å². The van der Waals surface area contributed by atoms with Gasteiger partial charge in [0.2, 0.25) is 0 Å². The first-order chi connectivity index (χ1) is 7.31. The summed E-state index contributed by atoms with van der Waals surface area (Å²) in [6.45, 7) is 9.43. The van der Waals surface area contributed by atoms with Gasteiger partial charge in [0.05, 0.1) is 0 Å². The van der Waals surface area contributed by atoms with Crippen LogP contribution in [0.1, 0.15) is 34.6 Å². The number of hydrogen-bond donors (Lipinski definition) is 6. The van der Waals surface area contributed by atoms with Crippen molar-refractivity contribution in [2.75, 3.05) is 0 Å². The zero-order valence-electron chi connectivity index (χ0n) is 11.1. The van der Waals surface area contributed by atoms with Crippen molar-refractivity contribution in [3.05, 3.63) is 0 Å². The molecule has 0 aromatic carbocycles. The normalized spacial score (nSPS) is 20.8. The highest BCUT2D eigenvalue weighted by Crippen LogP contribution is 2.42. The average molecular weight is 360 g/mol. The van der Waals surface area contributed by atoms with Crippen molar-refractivity contribution in [2.24, 2.45) is 28.5 Å². The number of halogens is 1. The highest BCUT2D eigenvalue weighted by atomic mass is 127. The number of nitrogens with two attached hydrogens (primary N) is 4. The molecular formula is C9H25IN6O. The first-order valence-corrected chi connectivity index (χ1v) is 6.33. The molecule has 0 bridgehead atoms. The summed E-state index contributed by atoms with van der Waals surface area (Å²) < 4.78 is -0.979. The third-order valence-corrected chi connectivity index (χ3v) is 5.21. The zero-order valence-corrected chi connectivity index (χ0v) is 13.3. The van der Waals surface area contributed by atoms with Gasteiger partial charge < -0.3 is 17.2 Å². The van der Waals surface area contributed by atoms with Gasteiger partial charge in [0.25, 0.3) is 0 Å². The first-order valence-electron chi connectivity index (χ1n) is 5.25. The molecule has 0 aromatic heterocycles. The Morgan fingerprint density at radius 3 is 1.65 bits per heavy atom. The van der Waals surface area contributed by atoms with E-state index in [4.69, 9.17) is 28.0 Å². The van der Waals surface area contributed by atoms with E-state index in [0.717, 1.165) is 0 Å². The summed E-state index contributed by atoms with van der Waals surface area (Å²) in [5.74, 6) is 5.07. The zero-order chi connectivity index (χ0) is 14.1. The molecule has 0 radical (unpaired) electrons. The van der Waals surface area contributed by atoms with Crippen molar-refractivity contribution in [1.29, 1.82) is 0 Å². The van der Waals surface area contributed by atoms with Gasteiger partial charge in [-0.05, 0) is 19.3 Å². The quantitative estimate of drug-likeness (QED) is 0.0963. The summed E-state index contributed by atoms with van der Waals surface area (Å²) >= 11 is 2.04. The lowest BCUT2D eigenvalue weighted by atomic mass is 9.71. The Labute approximate surface area is 116 Å². The Morgan fingerprint density at radius 1 is 1.00 bits per heavy atom. The van der Waals surface area contributed by atoms with E-state index in [9.17, 15) is 0 Å². The van der Waals surface area contributed by atoms with E-state index in [1.54, 1.807) is 0 Å². The summed E-state index contributed by atoms with van der Waals surface area (Å²) in [7, 11) is 0. The lowest BCUT2D eigenvalue weighted by Crippen LogP contribution is -2.83. The Hall–Kier alpha value is 0.450. The molecule has 0 aliphatic carbocycles. The molecule has 0 saturated carbocycles. The van der Waals surface area contributed by atoms with Crippen LogP contribution in [0.25, 0.3) is 0 Å². The molecular weight excluding hydrogens is 335 g/mol. The fraction of sp³-hybridized carbons (Fsp3) is 1.00. The number of hydrogen-bond acceptors (Lipinski definition) is 7. The molecule has 0 heterocycles. The molecule has 0 saturated heterocycles. The molecule has 0 aliphatic rings. The minimum absolute atomic E-state index is 0.420. The van der Waals surface area contributed by atoms with Crippen LogP contribution in [0.4, 0.5) is 0 Å². The molecule has 0 spiro atoms. The second kappa shape index (κ2) is 5.21. The summed E-state index contributed by atoms with van der Waals surface area (Å²) in [6.07, 6.45) is 0. The van der Waals surface area contributed by atoms with Crippen LogP contribution >= 0.6 is 22.6 Å². The minimum atomic E-state index is -1.11. The Bertz CT molecular complexity index is 259. The summed E-state index contributed by atoms with van der Waals surface area (Å²) in [4.78, 5) is 4.82. The SMILES string of the molecule is CC(C)(C)C(N)(NONN)C(N)(I)C(C)(C)N. The van der Waals surface area contributed by atoms with Crippen LogP contribution in [-0.2, 0) is 4.94 Å². The van der Waals surface area contributed by atoms with Crippen LogP contribution < -0.4 is 34.1 Å². The van der Waals surface area contributed by atoms with Crippen molar-refractivity contribution in [1.82, 2.24) is 11.1 Å². The first kappa shape index (κ1) is 17.4. The highest BCUT2D eigenvalue weighted by molar-refractivity contribution is 14.1. The molecule has 8 heteroatoms. The summed E-state index contributed by atoms with van der Waals surface area (Å²) in [5.41, 5.74) is 21.2. The Kier molecular flexibility index (Phi) is 5.35. The molecule has 0 fully saturated rings. The van der Waals surface area contributed by atoms with Crippen molar-refractivity contribution in [3.8, 4) is 0 Å². The van der Waals surface area contributed by atoms with Crippen LogP contribution in [0, 0.1) is 5.41 Å². The van der Waals surface area contributed by atoms with Gasteiger partial charge in [-0.25, -0.2) is 5.84 Å². The Balaban J connectivity index is 5.48. The van der Waals surface area contributed by atoms with Gasteiger partial charge in [-0.3, -0.25) is 0 Å². The smallest absolute Gasteiger partial charge is 0.126 e. The predicted octanol–water partition coefficient (Wildman–Crippen LogP) is -0.586. The third-order valence-electron chi connectivity index (χ3n) is 2.97. The number of rotatable bonds is 5. The maximum atomic E-state index is 6.38. The number of hydrazine groups is 1. The molecule has 7 nitrogen and oxygen atoms in total. The number of alkyl halides is 1. The number of hydroxylamine groups is 1. The van der Waals surface area contributed by atoms with Crippen LogP contribution in [0.3, 0.4) is 0 Å². The Morgan fingerprint density at radius 2 is 1.41 bits per heavy atom. The van der Waals surface area contributed by atoms with E-state index in [0.29, 0.717) is 0 Å². The number of nitrogens with one attached hydrogen (secondary N) is 2. The van der Waals surface area contributed by atoms with Gasteiger partial charge in [0.1, 0.15) is 9.21 Å². The maximum absolute atomic E-state index is 6.38. The summed E-state index contributed by atoms with van der Waals surface area (Å²) in [5, 5.41) is 0. The van der Waals surface area contributed by atoms with Crippen LogP contribution in [0.2, 0.25) is 0 Å². The van der Waals surface area contributed by atoms with Crippen LogP contribution in [0.5, 0.6) is 0 Å². The van der Waals surface area contributed by atoms with Gasteiger partial charge >= 0.3 is 0 Å². The fourth-order valence-corrected chi connectivity index (χ4v) is 2.31. The lowest BCUT2D eigenvalue weighted by molar-refractivity contribution is -0.130. The van der Waals surface area contributed by atoms with E-state index < -0.39 is 20.2 Å². The van der Waals surface area contributed by atoms with Crippen LogP contribution in [0.15, 0.2) is 0 Å². The fourth-order valence-electron chi connectivity index (χ4n) is 1.39. The minimum Gasteiger partial charge on any atom is -0.323 e. The van der Waals surface area contributed by atoms with E-state index >= 15 is 0 Å². The highest BCUT2D eigenvalue weighted by Gasteiger charge is 2.58. The van der Waals surface area contributed by atoms with Crippen molar-refractivity contribution in [3.63, 3.8) is 0 Å². The van der Waals surface area contributed by atoms with E-state index in [1.165, 1.54) is 0 Å². The van der Waals surface area contributed by atoms with Crippen LogP contribution in [-0.4, -0.2) is 14.7 Å². The largest absolute Gasteiger partial charge is 0.323 e. The standard InChI is InChI=1S/C9H25IN6O/c1-6(2,3)9(13,15-17-16-14)8(10,12)7(4,5)11/h15-16H,11-14H2,1-5H3. The molecule has 10 N–H and O–H groups in total. The monoisotopic (exact) mass is 360 g/mol. The molecule has 0 rings (SSSR count). The maximum Gasteiger partial charge on any atom is 0.126 e. The van der Waals surface area contributed by atoms with Gasteiger partial charge in [-0.1, -0.05) is 43.4 Å². The predicted molar refractivity (Wildman–Crippen MR) is 77.1 cm³/mol. The molecule has 0 amide bonds. The van der Waals surface area contributed by atoms with Gasteiger partial charge in [0, 0.05) is 5.54 Å². The average Bonchev–Trinajstić information content (AvgIpc) is 2.10. The lowest BCUT2D eigenvalue weighted by Gasteiger charge is -2.54. The second-order valence-corrected chi connectivity index (χ2v) is 7.52. The van der Waals surface area contributed by atoms with Crippen molar-refractivity contribution in [2.45, 2.75) is 49.4 Å².